The summed E-state index contributed by atoms with van der Waals surface area (Å²) in [5.41, 5.74) is 2.75. The molecule has 1 fully saturated rings. The predicted octanol–water partition coefficient (Wildman–Crippen LogP) is 4.29. The number of thiazole rings is 1. The predicted molar refractivity (Wildman–Crippen MR) is 114 cm³/mol. The van der Waals surface area contributed by atoms with Crippen LogP contribution in [0.15, 0.2) is 30.7 Å². The number of aryl methyl sites for hydroxylation is 1. The summed E-state index contributed by atoms with van der Waals surface area (Å²) in [4.78, 5) is 29.5. The van der Waals surface area contributed by atoms with Gasteiger partial charge in [-0.15, -0.1) is 11.3 Å². The molecule has 146 valence electrons. The van der Waals surface area contributed by atoms with Crippen molar-refractivity contribution >= 4 is 28.0 Å². The van der Waals surface area contributed by atoms with Crippen LogP contribution in [-0.4, -0.2) is 45.8 Å². The summed E-state index contributed by atoms with van der Waals surface area (Å²) < 4.78 is 0. The number of ketones is 1. The number of nitrogens with zero attached hydrogens (tertiary/aromatic N) is 4. The largest absolute Gasteiger partial charge is 0.306 e. The minimum Gasteiger partial charge on any atom is -0.306 e. The molecule has 0 atom stereocenters. The maximum absolute atomic E-state index is 12.8. The number of carbonyl (C=O) groups is 1. The van der Waals surface area contributed by atoms with Gasteiger partial charge in [0.1, 0.15) is 5.78 Å². The minimum atomic E-state index is 0.179. The van der Waals surface area contributed by atoms with Crippen molar-refractivity contribution in [1.29, 1.82) is 0 Å². The minimum absolute atomic E-state index is 0.179. The first-order valence-electron chi connectivity index (χ1n) is 9.86. The normalized spacial score (nSPS) is 20.0. The summed E-state index contributed by atoms with van der Waals surface area (Å²) in [6, 6.07) is 4.75. The second kappa shape index (κ2) is 8.05. The van der Waals surface area contributed by atoms with E-state index in [9.17, 15) is 4.79 Å². The van der Waals surface area contributed by atoms with Gasteiger partial charge < -0.3 is 4.90 Å². The second-order valence-electron chi connectivity index (χ2n) is 7.95. The van der Waals surface area contributed by atoms with Crippen LogP contribution in [0, 0.1) is 12.8 Å². The van der Waals surface area contributed by atoms with Crippen molar-refractivity contribution in [2.45, 2.75) is 45.1 Å². The molecular formula is C22H26N4OS. The lowest BCUT2D eigenvalue weighted by molar-refractivity contribution is -0.123. The van der Waals surface area contributed by atoms with Crippen molar-refractivity contribution < 1.29 is 4.79 Å². The number of pyridine rings is 2. The first kappa shape index (κ1) is 19.2. The van der Waals surface area contributed by atoms with Gasteiger partial charge in [-0.2, -0.15) is 0 Å². The topological polar surface area (TPSA) is 59.0 Å². The molecular weight excluding hydrogens is 368 g/mol. The molecule has 3 aromatic rings. The Hall–Kier alpha value is -2.18. The van der Waals surface area contributed by atoms with Gasteiger partial charge in [0.15, 0.2) is 0 Å². The molecule has 4 rings (SSSR count). The highest BCUT2D eigenvalue weighted by Crippen LogP contribution is 2.29. The number of Topliss-reactive ketones (excluding diaryl/α,β-unsaturated/α-hetero) is 1. The third-order valence-electron chi connectivity index (χ3n) is 5.77. The van der Waals surface area contributed by atoms with Gasteiger partial charge >= 0.3 is 0 Å². The number of rotatable bonds is 5. The van der Waals surface area contributed by atoms with Gasteiger partial charge in [0, 0.05) is 47.4 Å². The average molecular weight is 395 g/mol. The van der Waals surface area contributed by atoms with Gasteiger partial charge in [-0.05, 0) is 58.8 Å². The van der Waals surface area contributed by atoms with E-state index >= 15 is 0 Å². The summed E-state index contributed by atoms with van der Waals surface area (Å²) in [5, 5.41) is 2.07. The van der Waals surface area contributed by atoms with Crippen molar-refractivity contribution in [2.24, 2.45) is 5.92 Å². The molecule has 0 spiro atoms. The van der Waals surface area contributed by atoms with E-state index in [0.717, 1.165) is 57.7 Å². The van der Waals surface area contributed by atoms with Gasteiger partial charge in [-0.1, -0.05) is 0 Å². The molecule has 5 nitrogen and oxygen atoms in total. The number of hydrogen-bond acceptors (Lipinski definition) is 6. The standard InChI is InChI=1S/C22H26N4OS/c1-14-23-13-22(28-14)17-8-16-9-18(24-12-20(16)25-11-17)10-21(27)15-4-6-19(7-5-15)26(2)3/h8-9,11-13,15,19H,4-7,10H2,1-3H3. The zero-order valence-corrected chi connectivity index (χ0v) is 17.5. The van der Waals surface area contributed by atoms with Crippen molar-refractivity contribution in [3.05, 3.63) is 41.4 Å². The Balaban J connectivity index is 1.49. The molecule has 1 aliphatic rings. The molecule has 1 aliphatic carbocycles. The van der Waals surface area contributed by atoms with Crippen LogP contribution in [0.1, 0.15) is 36.4 Å². The lowest BCUT2D eigenvalue weighted by atomic mass is 9.82. The van der Waals surface area contributed by atoms with E-state index in [-0.39, 0.29) is 5.92 Å². The van der Waals surface area contributed by atoms with E-state index < -0.39 is 0 Å². The fraction of sp³-hybridized carbons (Fsp3) is 0.455. The van der Waals surface area contributed by atoms with Gasteiger partial charge in [-0.3, -0.25) is 14.8 Å². The Morgan fingerprint density at radius 2 is 1.86 bits per heavy atom. The lowest BCUT2D eigenvalue weighted by Crippen LogP contribution is -2.34. The van der Waals surface area contributed by atoms with E-state index in [0.29, 0.717) is 18.2 Å². The van der Waals surface area contributed by atoms with E-state index in [4.69, 9.17) is 0 Å². The quantitative estimate of drug-likeness (QED) is 0.646. The smallest absolute Gasteiger partial charge is 0.141 e. The highest BCUT2D eigenvalue weighted by Gasteiger charge is 2.27. The molecule has 0 aromatic carbocycles. The highest BCUT2D eigenvalue weighted by atomic mass is 32.1. The van der Waals surface area contributed by atoms with E-state index in [1.54, 1.807) is 17.5 Å². The average Bonchev–Trinajstić information content (AvgIpc) is 3.14. The molecule has 0 unspecified atom stereocenters. The molecule has 1 saturated carbocycles. The summed E-state index contributed by atoms with van der Waals surface area (Å²) in [7, 11) is 4.25. The van der Waals surface area contributed by atoms with Crippen LogP contribution in [0.3, 0.4) is 0 Å². The Labute approximate surface area is 169 Å². The zero-order chi connectivity index (χ0) is 19.7. The first-order valence-corrected chi connectivity index (χ1v) is 10.7. The summed E-state index contributed by atoms with van der Waals surface area (Å²) in [6.07, 6.45) is 10.1. The van der Waals surface area contributed by atoms with Crippen LogP contribution >= 0.6 is 11.3 Å². The Kier molecular flexibility index (Phi) is 5.51. The maximum Gasteiger partial charge on any atom is 0.141 e. The van der Waals surface area contributed by atoms with Crippen LogP contribution in [-0.2, 0) is 11.2 Å². The van der Waals surface area contributed by atoms with Gasteiger partial charge in [0.25, 0.3) is 0 Å². The van der Waals surface area contributed by atoms with Crippen LogP contribution in [0.2, 0.25) is 0 Å². The SMILES string of the molecule is Cc1ncc(-c2cnc3cnc(CC(=O)C4CCC(N(C)C)CC4)cc3c2)s1. The molecule has 3 heterocycles. The number of fused-ring (bicyclic) bond motifs is 1. The molecule has 0 N–H and O–H groups in total. The molecule has 0 bridgehead atoms. The van der Waals surface area contributed by atoms with Crippen molar-refractivity contribution in [2.75, 3.05) is 14.1 Å². The Bertz CT molecular complexity index is 989. The van der Waals surface area contributed by atoms with Crippen LogP contribution < -0.4 is 0 Å². The molecule has 0 radical (unpaired) electrons. The molecule has 0 amide bonds. The van der Waals surface area contributed by atoms with Crippen molar-refractivity contribution in [3.8, 4) is 10.4 Å². The fourth-order valence-electron chi connectivity index (χ4n) is 4.04. The maximum atomic E-state index is 12.8. The van der Waals surface area contributed by atoms with E-state index in [1.807, 2.05) is 25.4 Å². The second-order valence-corrected chi connectivity index (χ2v) is 9.18. The van der Waals surface area contributed by atoms with Crippen molar-refractivity contribution in [1.82, 2.24) is 19.9 Å². The Morgan fingerprint density at radius 3 is 2.54 bits per heavy atom. The van der Waals surface area contributed by atoms with E-state index in [1.165, 1.54) is 0 Å². The third kappa shape index (κ3) is 4.13. The third-order valence-corrected chi connectivity index (χ3v) is 6.73. The van der Waals surface area contributed by atoms with Gasteiger partial charge in [0.2, 0.25) is 0 Å². The lowest BCUT2D eigenvalue weighted by Gasteiger charge is -2.31. The van der Waals surface area contributed by atoms with Gasteiger partial charge in [-0.25, -0.2) is 4.98 Å². The van der Waals surface area contributed by atoms with E-state index in [2.05, 4.69) is 40.0 Å². The molecule has 28 heavy (non-hydrogen) atoms. The summed E-state index contributed by atoms with van der Waals surface area (Å²) in [6.45, 7) is 2.00. The molecule has 6 heteroatoms. The summed E-state index contributed by atoms with van der Waals surface area (Å²) >= 11 is 1.66. The Morgan fingerprint density at radius 1 is 1.07 bits per heavy atom. The highest BCUT2D eigenvalue weighted by molar-refractivity contribution is 7.15. The van der Waals surface area contributed by atoms with Gasteiger partial charge in [0.05, 0.1) is 21.6 Å². The first-order chi connectivity index (χ1) is 13.5. The number of aromatic nitrogens is 3. The fourth-order valence-corrected chi connectivity index (χ4v) is 4.80. The van der Waals surface area contributed by atoms with Crippen molar-refractivity contribution in [3.63, 3.8) is 0 Å². The number of hydrogen-bond donors (Lipinski definition) is 0. The summed E-state index contributed by atoms with van der Waals surface area (Å²) in [5.74, 6) is 0.504. The van der Waals surface area contributed by atoms with Crippen LogP contribution in [0.4, 0.5) is 0 Å². The van der Waals surface area contributed by atoms with Crippen LogP contribution in [0.5, 0.6) is 0 Å². The van der Waals surface area contributed by atoms with Crippen LogP contribution in [0.25, 0.3) is 21.3 Å². The molecule has 0 saturated heterocycles. The molecule has 0 aliphatic heterocycles. The molecule has 3 aromatic heterocycles. The monoisotopic (exact) mass is 394 g/mol. The number of carbonyl (C=O) groups excluding carboxylic acids is 1. The zero-order valence-electron chi connectivity index (χ0n) is 16.7.